The second-order valence-electron chi connectivity index (χ2n) is 4.70. The van der Waals surface area contributed by atoms with Gasteiger partial charge in [-0.1, -0.05) is 19.9 Å². The molecule has 1 aromatic carbocycles. The van der Waals surface area contributed by atoms with E-state index in [4.69, 9.17) is 0 Å². The molecule has 0 radical (unpaired) electrons. The van der Waals surface area contributed by atoms with Gasteiger partial charge >= 0.3 is 11.8 Å². The lowest BCUT2D eigenvalue weighted by atomic mass is 10.1. The lowest BCUT2D eigenvalue weighted by Gasteiger charge is -2.07. The first-order valence-corrected chi connectivity index (χ1v) is 6.23. The molecule has 7 nitrogen and oxygen atoms in total. The zero-order valence-corrected chi connectivity index (χ0v) is 11.4. The largest absolute Gasteiger partial charge is 0.348 e. The summed E-state index contributed by atoms with van der Waals surface area (Å²) in [6.45, 7) is 4.43. The number of benzene rings is 1. The summed E-state index contributed by atoms with van der Waals surface area (Å²) >= 11 is 0. The van der Waals surface area contributed by atoms with E-state index in [0.717, 1.165) is 6.42 Å². The van der Waals surface area contributed by atoms with Gasteiger partial charge in [-0.15, -0.1) is 0 Å². The van der Waals surface area contributed by atoms with E-state index in [1.54, 1.807) is 0 Å². The van der Waals surface area contributed by atoms with Crippen molar-refractivity contribution in [3.8, 4) is 0 Å². The van der Waals surface area contributed by atoms with Crippen molar-refractivity contribution in [3.05, 3.63) is 34.4 Å². The minimum absolute atomic E-state index is 0.150. The van der Waals surface area contributed by atoms with Gasteiger partial charge in [0.15, 0.2) is 0 Å². The highest BCUT2D eigenvalue weighted by Gasteiger charge is 2.14. The molecule has 2 amide bonds. The van der Waals surface area contributed by atoms with Gasteiger partial charge in [-0.3, -0.25) is 19.7 Å². The van der Waals surface area contributed by atoms with Crippen LogP contribution in [0.1, 0.15) is 20.3 Å². The summed E-state index contributed by atoms with van der Waals surface area (Å²) in [5, 5.41) is 15.4. The zero-order valence-electron chi connectivity index (χ0n) is 11.4. The van der Waals surface area contributed by atoms with E-state index in [1.165, 1.54) is 24.3 Å². The number of carbonyl (C=O) groups is 2. The van der Waals surface area contributed by atoms with Gasteiger partial charge in [0.2, 0.25) is 0 Å². The third kappa shape index (κ3) is 5.05. The fourth-order valence-electron chi connectivity index (χ4n) is 1.44. The van der Waals surface area contributed by atoms with Gasteiger partial charge in [0, 0.05) is 24.4 Å². The molecule has 0 aromatic heterocycles. The van der Waals surface area contributed by atoms with E-state index in [9.17, 15) is 19.7 Å². The maximum Gasteiger partial charge on any atom is 0.313 e. The number of anilines is 1. The molecule has 0 saturated carbocycles. The number of amides is 2. The van der Waals surface area contributed by atoms with Gasteiger partial charge in [-0.2, -0.15) is 0 Å². The molecule has 1 aromatic rings. The molecule has 0 spiro atoms. The van der Waals surface area contributed by atoms with Crippen molar-refractivity contribution in [2.75, 3.05) is 11.9 Å². The topological polar surface area (TPSA) is 101 Å². The van der Waals surface area contributed by atoms with Crippen LogP contribution in [0.2, 0.25) is 0 Å². The molecular weight excluding hydrogens is 262 g/mol. The predicted octanol–water partition coefficient (Wildman–Crippen LogP) is 1.70. The van der Waals surface area contributed by atoms with Crippen molar-refractivity contribution >= 4 is 23.2 Å². The van der Waals surface area contributed by atoms with Crippen LogP contribution in [0.5, 0.6) is 0 Å². The number of hydrogen-bond donors (Lipinski definition) is 2. The van der Waals surface area contributed by atoms with Crippen LogP contribution in [0, 0.1) is 16.0 Å². The number of rotatable bonds is 5. The van der Waals surface area contributed by atoms with Gasteiger partial charge < -0.3 is 10.6 Å². The number of non-ortho nitro benzene ring substituents is 1. The SMILES string of the molecule is CC(C)CCNC(=O)C(=O)Nc1cccc([N+](=O)[O-])c1. The lowest BCUT2D eigenvalue weighted by molar-refractivity contribution is -0.384. The van der Waals surface area contributed by atoms with Crippen LogP contribution in [0.3, 0.4) is 0 Å². The molecule has 1 rings (SSSR count). The minimum atomic E-state index is -0.839. The summed E-state index contributed by atoms with van der Waals surface area (Å²) in [7, 11) is 0. The summed E-state index contributed by atoms with van der Waals surface area (Å²) in [5.41, 5.74) is 0.0613. The summed E-state index contributed by atoms with van der Waals surface area (Å²) in [6.07, 6.45) is 0.774. The van der Waals surface area contributed by atoms with Gasteiger partial charge in [-0.25, -0.2) is 0 Å². The molecule has 0 unspecified atom stereocenters. The van der Waals surface area contributed by atoms with E-state index >= 15 is 0 Å². The highest BCUT2D eigenvalue weighted by molar-refractivity contribution is 6.39. The monoisotopic (exact) mass is 279 g/mol. The normalized spacial score (nSPS) is 10.2. The van der Waals surface area contributed by atoms with Crippen LogP contribution >= 0.6 is 0 Å². The Hall–Kier alpha value is -2.44. The first kappa shape index (κ1) is 15.6. The average Bonchev–Trinajstić information content (AvgIpc) is 2.38. The summed E-state index contributed by atoms with van der Waals surface area (Å²) in [6, 6.07) is 5.41. The van der Waals surface area contributed by atoms with Crippen LogP contribution in [-0.4, -0.2) is 23.3 Å². The first-order valence-electron chi connectivity index (χ1n) is 6.23. The zero-order chi connectivity index (χ0) is 15.1. The minimum Gasteiger partial charge on any atom is -0.348 e. The van der Waals surface area contributed by atoms with Gasteiger partial charge in [0.1, 0.15) is 0 Å². The smallest absolute Gasteiger partial charge is 0.313 e. The molecule has 108 valence electrons. The van der Waals surface area contributed by atoms with Crippen LogP contribution < -0.4 is 10.6 Å². The van der Waals surface area contributed by atoms with E-state index in [2.05, 4.69) is 10.6 Å². The summed E-state index contributed by atoms with van der Waals surface area (Å²) < 4.78 is 0. The Balaban J connectivity index is 2.55. The van der Waals surface area contributed by atoms with Crippen LogP contribution in [-0.2, 0) is 9.59 Å². The second-order valence-corrected chi connectivity index (χ2v) is 4.70. The molecule has 0 heterocycles. The fourth-order valence-corrected chi connectivity index (χ4v) is 1.44. The van der Waals surface area contributed by atoms with Crippen LogP contribution in [0.15, 0.2) is 24.3 Å². The van der Waals surface area contributed by atoms with Crippen molar-refractivity contribution in [2.45, 2.75) is 20.3 Å². The van der Waals surface area contributed by atoms with Gasteiger partial charge in [0.25, 0.3) is 5.69 Å². The fraction of sp³-hybridized carbons (Fsp3) is 0.385. The summed E-state index contributed by atoms with van der Waals surface area (Å²) in [4.78, 5) is 33.1. The second kappa shape index (κ2) is 7.22. The molecule has 0 fully saturated rings. The van der Waals surface area contributed by atoms with Crippen molar-refractivity contribution in [1.82, 2.24) is 5.32 Å². The molecule has 20 heavy (non-hydrogen) atoms. The third-order valence-corrected chi connectivity index (χ3v) is 2.53. The molecule has 0 aliphatic carbocycles. The number of nitrogens with one attached hydrogen (secondary N) is 2. The van der Waals surface area contributed by atoms with Gasteiger partial charge in [0.05, 0.1) is 4.92 Å². The number of nitro groups is 1. The van der Waals surface area contributed by atoms with E-state index in [0.29, 0.717) is 12.5 Å². The molecule has 0 atom stereocenters. The Bertz CT molecular complexity index is 514. The number of nitro benzene ring substituents is 1. The Kier molecular flexibility index (Phi) is 5.64. The van der Waals surface area contributed by atoms with Crippen molar-refractivity contribution in [1.29, 1.82) is 0 Å². The molecule has 7 heteroatoms. The Labute approximate surface area is 116 Å². The standard InChI is InChI=1S/C13H17N3O4/c1-9(2)6-7-14-12(17)13(18)15-10-4-3-5-11(8-10)16(19)20/h3-5,8-9H,6-7H2,1-2H3,(H,14,17)(H,15,18). The average molecular weight is 279 g/mol. The summed E-state index contributed by atoms with van der Waals surface area (Å²) in [5.74, 6) is -1.17. The van der Waals surface area contributed by atoms with Crippen molar-refractivity contribution in [2.24, 2.45) is 5.92 Å². The highest BCUT2D eigenvalue weighted by atomic mass is 16.6. The maximum absolute atomic E-state index is 11.6. The Morgan fingerprint density at radius 1 is 1.30 bits per heavy atom. The first-order chi connectivity index (χ1) is 9.40. The predicted molar refractivity (Wildman–Crippen MR) is 74.2 cm³/mol. The highest BCUT2D eigenvalue weighted by Crippen LogP contribution is 2.16. The van der Waals surface area contributed by atoms with E-state index < -0.39 is 16.7 Å². The third-order valence-electron chi connectivity index (χ3n) is 2.53. The Morgan fingerprint density at radius 3 is 2.60 bits per heavy atom. The van der Waals surface area contributed by atoms with Gasteiger partial charge in [-0.05, 0) is 18.4 Å². The van der Waals surface area contributed by atoms with Crippen molar-refractivity contribution < 1.29 is 14.5 Å². The number of carbonyl (C=O) groups excluding carboxylic acids is 2. The molecule has 0 saturated heterocycles. The molecule has 2 N–H and O–H groups in total. The van der Waals surface area contributed by atoms with E-state index in [-0.39, 0.29) is 11.4 Å². The lowest BCUT2D eigenvalue weighted by Crippen LogP contribution is -2.36. The Morgan fingerprint density at radius 2 is 2.00 bits per heavy atom. The van der Waals surface area contributed by atoms with E-state index in [1.807, 2.05) is 13.8 Å². The quantitative estimate of drug-likeness (QED) is 0.486. The molecule has 0 aliphatic rings. The molecule has 0 aliphatic heterocycles. The molecule has 0 bridgehead atoms. The van der Waals surface area contributed by atoms with Crippen LogP contribution in [0.4, 0.5) is 11.4 Å². The van der Waals surface area contributed by atoms with Crippen LogP contribution in [0.25, 0.3) is 0 Å². The number of hydrogen-bond acceptors (Lipinski definition) is 4. The molecular formula is C13H17N3O4. The maximum atomic E-state index is 11.6. The number of nitrogens with zero attached hydrogens (tertiary/aromatic N) is 1. The van der Waals surface area contributed by atoms with Crippen molar-refractivity contribution in [3.63, 3.8) is 0 Å².